The molecule has 0 aliphatic rings. The molecule has 0 atom stereocenters. The zero-order valence-electron chi connectivity index (χ0n) is 10.6. The molecule has 1 aromatic carbocycles. The van der Waals surface area contributed by atoms with Crippen LogP contribution < -0.4 is 4.74 Å². The summed E-state index contributed by atoms with van der Waals surface area (Å²) in [5.41, 5.74) is 2.21. The lowest BCUT2D eigenvalue weighted by Gasteiger charge is -2.08. The number of methoxy groups -OCH3 is 1. The van der Waals surface area contributed by atoms with E-state index in [0.29, 0.717) is 0 Å². The van der Waals surface area contributed by atoms with Gasteiger partial charge in [-0.2, -0.15) is 5.10 Å². The van der Waals surface area contributed by atoms with Crippen LogP contribution in [-0.4, -0.2) is 16.9 Å². The van der Waals surface area contributed by atoms with Gasteiger partial charge in [0.25, 0.3) is 0 Å². The average molecular weight is 327 g/mol. The summed E-state index contributed by atoms with van der Waals surface area (Å²) in [6, 6.07) is 8.05. The molecule has 2 aromatic rings. The molecule has 0 saturated carbocycles. The molecule has 0 fully saturated rings. The molecule has 0 aliphatic heterocycles. The Morgan fingerprint density at radius 1 is 1.39 bits per heavy atom. The molecule has 1 heterocycles. The quantitative estimate of drug-likeness (QED) is 0.800. The van der Waals surface area contributed by atoms with E-state index < -0.39 is 0 Å². The van der Waals surface area contributed by atoms with Crippen LogP contribution in [0.5, 0.6) is 5.75 Å². The third kappa shape index (κ3) is 2.72. The number of rotatable bonds is 4. The van der Waals surface area contributed by atoms with Gasteiger partial charge in [0.1, 0.15) is 5.75 Å². The molecule has 0 N–H and O–H groups in total. The van der Waals surface area contributed by atoms with Crippen LogP contribution in [0.15, 0.2) is 33.6 Å². The highest BCUT2D eigenvalue weighted by molar-refractivity contribution is 9.10. The number of hydrogen-bond acceptors (Lipinski definition) is 3. The Morgan fingerprint density at radius 3 is 2.72 bits per heavy atom. The van der Waals surface area contributed by atoms with Crippen molar-refractivity contribution in [2.24, 2.45) is 7.05 Å². The lowest BCUT2D eigenvalue weighted by Crippen LogP contribution is -1.97. The highest BCUT2D eigenvalue weighted by Crippen LogP contribution is 2.33. The number of hydrogen-bond donors (Lipinski definition) is 0. The molecule has 1 aromatic heterocycles. The minimum Gasteiger partial charge on any atom is -0.496 e. The Labute approximate surface area is 120 Å². The first-order valence-corrected chi connectivity index (χ1v) is 7.35. The molecule has 0 radical (unpaired) electrons. The van der Waals surface area contributed by atoms with Gasteiger partial charge in [-0.05, 0) is 35.0 Å². The Hall–Kier alpha value is -0.940. The van der Waals surface area contributed by atoms with Crippen molar-refractivity contribution in [2.75, 3.05) is 7.11 Å². The van der Waals surface area contributed by atoms with Gasteiger partial charge in [-0.3, -0.25) is 4.68 Å². The van der Waals surface area contributed by atoms with Crippen LogP contribution in [0.2, 0.25) is 0 Å². The highest BCUT2D eigenvalue weighted by atomic mass is 79.9. The zero-order valence-corrected chi connectivity index (χ0v) is 13.0. The maximum Gasteiger partial charge on any atom is 0.132 e. The van der Waals surface area contributed by atoms with Crippen molar-refractivity contribution in [3.8, 4) is 5.75 Å². The van der Waals surface area contributed by atoms with E-state index in [4.69, 9.17) is 4.74 Å². The number of halogens is 1. The predicted octanol–water partition coefficient (Wildman–Crippen LogP) is 3.79. The molecule has 0 amide bonds. The molecular weight excluding hydrogens is 312 g/mol. The molecular formula is C13H15BrN2OS. The molecule has 0 saturated heterocycles. The number of benzene rings is 1. The van der Waals surface area contributed by atoms with Gasteiger partial charge in [0.15, 0.2) is 0 Å². The molecule has 0 unspecified atom stereocenters. The molecule has 5 heteroatoms. The Balaban J connectivity index is 2.16. The van der Waals surface area contributed by atoms with Crippen molar-refractivity contribution in [1.82, 2.24) is 9.78 Å². The largest absolute Gasteiger partial charge is 0.496 e. The summed E-state index contributed by atoms with van der Waals surface area (Å²) in [5.74, 6) is 1.77. The van der Waals surface area contributed by atoms with Gasteiger partial charge in [-0.15, -0.1) is 11.8 Å². The van der Waals surface area contributed by atoms with Crippen LogP contribution in [-0.2, 0) is 12.8 Å². The lowest BCUT2D eigenvalue weighted by molar-refractivity contribution is 0.405. The normalized spacial score (nSPS) is 10.7. The van der Waals surface area contributed by atoms with Crippen LogP contribution in [0.4, 0.5) is 0 Å². The smallest absolute Gasteiger partial charge is 0.132 e. The summed E-state index contributed by atoms with van der Waals surface area (Å²) in [5, 5.41) is 4.39. The minimum atomic E-state index is 0.859. The summed E-state index contributed by atoms with van der Waals surface area (Å²) >= 11 is 5.33. The van der Waals surface area contributed by atoms with Crippen LogP contribution >= 0.6 is 27.7 Å². The van der Waals surface area contributed by atoms with Crippen LogP contribution in [0, 0.1) is 6.92 Å². The van der Waals surface area contributed by atoms with Crippen molar-refractivity contribution >= 4 is 27.7 Å². The molecule has 0 aliphatic carbocycles. The van der Waals surface area contributed by atoms with Gasteiger partial charge in [-0.1, -0.05) is 12.1 Å². The minimum absolute atomic E-state index is 0.859. The molecule has 96 valence electrons. The number of para-hydroxylation sites is 1. The maximum absolute atomic E-state index is 5.34. The maximum atomic E-state index is 5.34. The summed E-state index contributed by atoms with van der Waals surface area (Å²) < 4.78 is 8.35. The molecule has 2 rings (SSSR count). The van der Waals surface area contributed by atoms with Crippen molar-refractivity contribution in [3.05, 3.63) is 40.1 Å². The fourth-order valence-electron chi connectivity index (χ4n) is 1.72. The van der Waals surface area contributed by atoms with Crippen LogP contribution in [0.1, 0.15) is 11.4 Å². The molecule has 18 heavy (non-hydrogen) atoms. The summed E-state index contributed by atoms with van der Waals surface area (Å²) in [6.45, 7) is 2.00. The van der Waals surface area contributed by atoms with Crippen LogP contribution in [0.3, 0.4) is 0 Å². The molecule has 0 spiro atoms. The van der Waals surface area contributed by atoms with Crippen molar-refractivity contribution < 1.29 is 4.74 Å². The number of thioether (sulfide) groups is 1. The fraction of sp³-hybridized carbons (Fsp3) is 0.308. The van der Waals surface area contributed by atoms with Gasteiger partial charge in [0, 0.05) is 17.7 Å². The Morgan fingerprint density at radius 2 is 2.11 bits per heavy atom. The summed E-state index contributed by atoms with van der Waals surface area (Å²) in [7, 11) is 3.67. The average Bonchev–Trinajstić information content (AvgIpc) is 2.62. The number of nitrogens with zero attached hydrogens (tertiary/aromatic N) is 2. The number of aromatic nitrogens is 2. The van der Waals surface area contributed by atoms with Gasteiger partial charge < -0.3 is 4.74 Å². The van der Waals surface area contributed by atoms with E-state index in [1.54, 1.807) is 18.9 Å². The van der Waals surface area contributed by atoms with Crippen molar-refractivity contribution in [1.29, 1.82) is 0 Å². The standard InChI is InChI=1S/C13H15BrN2OS/c1-9-13(14)10(16(2)15-9)8-18-12-7-5-4-6-11(12)17-3/h4-7H,8H2,1-3H3. The first-order chi connectivity index (χ1) is 8.63. The van der Waals surface area contributed by atoms with Crippen molar-refractivity contribution in [2.45, 2.75) is 17.6 Å². The van der Waals surface area contributed by atoms with E-state index in [-0.39, 0.29) is 0 Å². The Bertz CT molecular complexity index is 554. The third-order valence-electron chi connectivity index (χ3n) is 2.70. The highest BCUT2D eigenvalue weighted by Gasteiger charge is 2.11. The SMILES string of the molecule is COc1ccccc1SCc1c(Br)c(C)nn1C. The second-order valence-corrected chi connectivity index (χ2v) is 5.72. The number of aryl methyl sites for hydroxylation is 2. The second-order valence-electron chi connectivity index (χ2n) is 3.91. The third-order valence-corrected chi connectivity index (χ3v) is 4.79. The monoisotopic (exact) mass is 326 g/mol. The summed E-state index contributed by atoms with van der Waals surface area (Å²) in [6.07, 6.45) is 0. The van der Waals surface area contributed by atoms with E-state index in [0.717, 1.165) is 26.6 Å². The Kier molecular flexibility index (Phi) is 4.35. The molecule has 0 bridgehead atoms. The van der Waals surface area contributed by atoms with Crippen molar-refractivity contribution in [3.63, 3.8) is 0 Å². The van der Waals surface area contributed by atoms with Gasteiger partial charge in [-0.25, -0.2) is 0 Å². The van der Waals surface area contributed by atoms with Crippen LogP contribution in [0.25, 0.3) is 0 Å². The van der Waals surface area contributed by atoms with Gasteiger partial charge in [0.2, 0.25) is 0 Å². The van der Waals surface area contributed by atoms with Gasteiger partial charge >= 0.3 is 0 Å². The topological polar surface area (TPSA) is 27.1 Å². The number of ether oxygens (including phenoxy) is 1. The van der Waals surface area contributed by atoms with E-state index in [2.05, 4.69) is 27.1 Å². The molecule has 3 nitrogen and oxygen atoms in total. The lowest BCUT2D eigenvalue weighted by atomic mass is 10.3. The predicted molar refractivity (Wildman–Crippen MR) is 78.2 cm³/mol. The summed E-state index contributed by atoms with van der Waals surface area (Å²) in [4.78, 5) is 1.14. The van der Waals surface area contributed by atoms with E-state index >= 15 is 0 Å². The van der Waals surface area contributed by atoms with E-state index in [1.807, 2.05) is 36.9 Å². The fourth-order valence-corrected chi connectivity index (χ4v) is 3.47. The second kappa shape index (κ2) is 5.80. The van der Waals surface area contributed by atoms with Gasteiger partial charge in [0.05, 0.1) is 23.0 Å². The van der Waals surface area contributed by atoms with E-state index in [1.165, 1.54) is 5.69 Å². The van der Waals surface area contributed by atoms with E-state index in [9.17, 15) is 0 Å². The first kappa shape index (κ1) is 13.5. The zero-order chi connectivity index (χ0) is 13.1. The first-order valence-electron chi connectivity index (χ1n) is 5.57.